The van der Waals surface area contributed by atoms with Gasteiger partial charge < -0.3 is 28.4 Å². The first-order valence-electron chi connectivity index (χ1n) is 18.1. The van der Waals surface area contributed by atoms with Gasteiger partial charge in [-0.05, 0) is 87.1 Å². The molecule has 17 nitrogen and oxygen atoms in total. The van der Waals surface area contributed by atoms with Crippen molar-refractivity contribution in [3.63, 3.8) is 0 Å². The van der Waals surface area contributed by atoms with Crippen LogP contribution in [-0.4, -0.2) is 92.5 Å². The summed E-state index contributed by atoms with van der Waals surface area (Å²) in [6.45, 7) is 8.05. The Morgan fingerprint density at radius 1 is 0.746 bits per heavy atom. The van der Waals surface area contributed by atoms with Crippen molar-refractivity contribution < 1.29 is 189 Å². The topological polar surface area (TPSA) is 277 Å². The fraction of sp³-hybridized carbons (Fsp3) is 0.432. The van der Waals surface area contributed by atoms with Crippen molar-refractivity contribution in [1.82, 2.24) is 0 Å². The summed E-state index contributed by atoms with van der Waals surface area (Å²) >= 11 is 0.712. The molecular formula is C37H44N2Na4O15S5. The van der Waals surface area contributed by atoms with E-state index in [0.717, 1.165) is 17.0 Å². The maximum Gasteiger partial charge on any atom is 1.00 e. The molecule has 0 fully saturated rings. The summed E-state index contributed by atoms with van der Waals surface area (Å²) in [7, 11) is -18.3. The first kappa shape index (κ1) is 63.7. The SMILES string of the molecule is CC1(C)C(C=CC=C(C=C/C=C2/N(CCCCS(=O)(=O)[O-])c3ccc(S(=O)(=O)[O-])cc3C2(C)C)CCS(=O)(=O)[O-])=[N+](CCCCS(=O)(=O)[O-])c2ccc(SOO[O-])cc21.[Na+].[Na+].[Na+].[Na+]. The van der Waals surface area contributed by atoms with Gasteiger partial charge in [0.25, 0.3) is 0 Å². The van der Waals surface area contributed by atoms with E-state index in [0.29, 0.717) is 52.4 Å². The summed E-state index contributed by atoms with van der Waals surface area (Å²) in [5.74, 6) is -1.83. The summed E-state index contributed by atoms with van der Waals surface area (Å²) in [5, 5.41) is 13.9. The summed E-state index contributed by atoms with van der Waals surface area (Å²) in [6, 6.07) is 9.26. The zero-order valence-corrected chi connectivity index (χ0v) is 48.6. The van der Waals surface area contributed by atoms with Crippen LogP contribution in [0.3, 0.4) is 0 Å². The van der Waals surface area contributed by atoms with Crippen molar-refractivity contribution in [1.29, 1.82) is 0 Å². The zero-order chi connectivity index (χ0) is 44.0. The molecule has 2 heterocycles. The van der Waals surface area contributed by atoms with Crippen molar-refractivity contribution in [3.05, 3.63) is 95.3 Å². The molecule has 2 aromatic carbocycles. The van der Waals surface area contributed by atoms with Crippen molar-refractivity contribution in [2.24, 2.45) is 0 Å². The van der Waals surface area contributed by atoms with Gasteiger partial charge in [0, 0.05) is 69.6 Å². The Bertz CT molecular complexity index is 2530. The standard InChI is InChI=1S/C37H48N2O15S5.4Na/c1-36(2)30-25-28(55-54-53-40)15-17-32(30)38(20-5-7-22-56(41,42)43)34(36)13-9-11-27(19-24-58(47,48)49)12-10-14-35-37(3,4)31-26-29(59(50,51)52)16-18-33(31)39(35)21-6-8-23-57(44,45)46;;;;/h9-18,25-26H,5-8,19-24H2,1-4H3,(H4-,40,41,42,43,44,45,46,47,48,49,50,51,52);;;;/q;4*+1/p-4. The third-order valence-electron chi connectivity index (χ3n) is 9.99. The Morgan fingerprint density at radius 3 is 1.92 bits per heavy atom. The van der Waals surface area contributed by atoms with Crippen LogP contribution in [-0.2, 0) is 60.7 Å². The average molecular weight is 1010 g/mol. The van der Waals surface area contributed by atoms with E-state index in [4.69, 9.17) is 0 Å². The molecule has 0 unspecified atom stereocenters. The first-order chi connectivity index (χ1) is 27.2. The predicted octanol–water partition coefficient (Wildman–Crippen LogP) is -8.48. The molecule has 0 spiro atoms. The monoisotopic (exact) mass is 1010 g/mol. The molecule has 0 radical (unpaired) electrons. The summed E-state index contributed by atoms with van der Waals surface area (Å²) < 4.78 is 145. The number of hydrogen-bond acceptors (Lipinski definition) is 17. The van der Waals surface area contributed by atoms with Crippen LogP contribution in [0.1, 0.15) is 70.9 Å². The molecule has 2 aromatic rings. The third kappa shape index (κ3) is 18.9. The van der Waals surface area contributed by atoms with Gasteiger partial charge >= 0.3 is 118 Å². The number of allylic oxidation sites excluding steroid dienone is 8. The largest absolute Gasteiger partial charge is 1.00 e. The van der Waals surface area contributed by atoms with Crippen LogP contribution in [0.25, 0.3) is 0 Å². The number of rotatable bonds is 21. The van der Waals surface area contributed by atoms with E-state index in [1.54, 1.807) is 62.4 Å². The van der Waals surface area contributed by atoms with Gasteiger partial charge in [-0.1, -0.05) is 38.2 Å². The van der Waals surface area contributed by atoms with Gasteiger partial charge in [-0.25, -0.2) is 33.7 Å². The van der Waals surface area contributed by atoms with Crippen LogP contribution >= 0.6 is 12.0 Å². The molecule has 0 aromatic heterocycles. The minimum Gasteiger partial charge on any atom is -0.748 e. The second-order valence-corrected chi connectivity index (χ2v) is 21.7. The maximum absolute atomic E-state index is 11.9. The fourth-order valence-electron chi connectivity index (χ4n) is 7.14. The summed E-state index contributed by atoms with van der Waals surface area (Å²) in [6.07, 6.45) is 10.6. The van der Waals surface area contributed by atoms with Gasteiger partial charge in [-0.3, -0.25) is 5.04 Å². The molecule has 63 heavy (non-hydrogen) atoms. The van der Waals surface area contributed by atoms with Gasteiger partial charge in [0.15, 0.2) is 5.71 Å². The molecule has 4 rings (SSSR count). The average Bonchev–Trinajstić information content (AvgIpc) is 3.45. The van der Waals surface area contributed by atoms with Gasteiger partial charge in [0.2, 0.25) is 5.69 Å². The number of anilines is 1. The normalized spacial score (nSPS) is 16.7. The molecule has 0 saturated carbocycles. The zero-order valence-electron chi connectivity index (χ0n) is 36.6. The second kappa shape index (κ2) is 26.6. The number of fused-ring (bicyclic) bond motifs is 2. The first-order valence-corrected chi connectivity index (χ1v) is 25.0. The maximum atomic E-state index is 11.9. The van der Waals surface area contributed by atoms with Crippen molar-refractivity contribution in [2.75, 3.05) is 35.2 Å². The van der Waals surface area contributed by atoms with Crippen LogP contribution in [0.2, 0.25) is 0 Å². The van der Waals surface area contributed by atoms with E-state index in [-0.39, 0.29) is 150 Å². The van der Waals surface area contributed by atoms with Crippen LogP contribution in [0.15, 0.2) is 93.9 Å². The third-order valence-corrected chi connectivity index (χ3v) is 13.7. The number of unbranched alkanes of at least 4 members (excludes halogenated alkanes) is 2. The van der Waals surface area contributed by atoms with Gasteiger partial charge in [-0.15, -0.1) is 0 Å². The van der Waals surface area contributed by atoms with E-state index in [9.17, 15) is 57.1 Å². The van der Waals surface area contributed by atoms with E-state index in [1.165, 1.54) is 18.2 Å². The minimum atomic E-state index is -4.80. The van der Waals surface area contributed by atoms with Gasteiger partial charge in [0.1, 0.15) is 16.7 Å². The molecule has 0 amide bonds. The van der Waals surface area contributed by atoms with Crippen molar-refractivity contribution >= 4 is 69.6 Å². The van der Waals surface area contributed by atoms with E-state index < -0.39 is 73.5 Å². The Labute approximate surface area is 463 Å². The molecule has 0 saturated heterocycles. The fourth-order valence-corrected chi connectivity index (χ4v) is 9.63. The molecule has 326 valence electrons. The molecule has 2 aliphatic heterocycles. The van der Waals surface area contributed by atoms with Gasteiger partial charge in [-0.2, -0.15) is 8.91 Å². The Balaban J connectivity index is 0.00000961. The number of hydrogen-bond donors (Lipinski definition) is 0. The molecule has 0 atom stereocenters. The molecule has 26 heteroatoms. The minimum absolute atomic E-state index is 0. The van der Waals surface area contributed by atoms with Crippen molar-refractivity contribution in [2.45, 2.75) is 80.4 Å². The second-order valence-electron chi connectivity index (χ2n) is 14.9. The molecular weight excluding hydrogens is 965 g/mol. The smallest absolute Gasteiger partial charge is 0.748 e. The van der Waals surface area contributed by atoms with Crippen LogP contribution in [0.5, 0.6) is 0 Å². The molecule has 0 bridgehead atoms. The number of benzene rings is 2. The summed E-state index contributed by atoms with van der Waals surface area (Å²) in [5.41, 5.74) is 2.92. The van der Waals surface area contributed by atoms with Crippen LogP contribution in [0, 0.1) is 0 Å². The quantitative estimate of drug-likeness (QED) is 0.0164. The van der Waals surface area contributed by atoms with E-state index in [2.05, 4.69) is 9.37 Å². The summed E-state index contributed by atoms with van der Waals surface area (Å²) in [4.78, 5) is 1.95. The number of nitrogens with zero attached hydrogens (tertiary/aromatic N) is 2. The van der Waals surface area contributed by atoms with Crippen LogP contribution < -0.4 is 128 Å². The Morgan fingerprint density at radius 2 is 1.35 bits per heavy atom. The Hall–Kier alpha value is 0.740. The van der Waals surface area contributed by atoms with Gasteiger partial charge in [0.05, 0.1) is 52.7 Å². The van der Waals surface area contributed by atoms with E-state index >= 15 is 0 Å². The Kier molecular flexibility index (Phi) is 27.0. The van der Waals surface area contributed by atoms with Crippen molar-refractivity contribution in [3.8, 4) is 0 Å². The van der Waals surface area contributed by atoms with Crippen LogP contribution in [0.4, 0.5) is 11.4 Å². The molecule has 0 aliphatic carbocycles. The molecule has 2 aliphatic rings. The van der Waals surface area contributed by atoms with E-state index in [1.807, 2.05) is 29.4 Å². The predicted molar refractivity (Wildman–Crippen MR) is 213 cm³/mol. The molecule has 0 N–H and O–H groups in total.